The molecule has 0 spiro atoms. The van der Waals surface area contributed by atoms with Crippen LogP contribution in [-0.4, -0.2) is 90.8 Å². The number of phenols is 1. The average Bonchev–Trinajstić information content (AvgIpc) is 3.87. The number of rotatable bonds is 7. The van der Waals surface area contributed by atoms with Crippen LogP contribution in [0.5, 0.6) is 5.75 Å². The molecule has 24 heteroatoms. The predicted molar refractivity (Wildman–Crippen MR) is 255 cm³/mol. The molecule has 0 aliphatic carbocycles. The van der Waals surface area contributed by atoms with Crippen LogP contribution in [0.2, 0.25) is 0 Å². The molecule has 7 radical (unpaired) electrons. The third-order valence-electron chi connectivity index (χ3n) is 7.20. The number of aromatic carboxylic acids is 2. The van der Waals surface area contributed by atoms with Gasteiger partial charge in [0.25, 0.3) is 5.97 Å². The predicted octanol–water partition coefficient (Wildman–Crippen LogP) is 8.75. The number of aliphatic hydroxyl groups is 1. The summed E-state index contributed by atoms with van der Waals surface area (Å²) in [7, 11) is 0. The third kappa shape index (κ3) is 41.0. The van der Waals surface area contributed by atoms with Gasteiger partial charge in [-0.15, -0.1) is 35.9 Å². The normalized spacial score (nSPS) is 8.54. The first kappa shape index (κ1) is 86.4. The topological polar surface area (TPSA) is 274 Å². The second-order valence-corrected chi connectivity index (χ2v) is 12.6. The SMILES string of the molecule is C.C.CC(=O)CC(C)O.CC(=O)O.O=C(O)c1ccccc1.O=C(O)c1ccccn1.Oc1ccccc1-c1ccccn1.[Ir].[Ir].[Ir].[Ir].[Ir].[Ir].[Ir].[c-]1ccccc1-c1ccccn1.c1ccc(-c2nnn[n-]2)nc1. The number of pyridine rings is 4. The van der Waals surface area contributed by atoms with Crippen LogP contribution in [0.3, 0.4) is 0 Å². The first-order valence-electron chi connectivity index (χ1n) is 19.3. The van der Waals surface area contributed by atoms with E-state index in [0.29, 0.717) is 17.1 Å². The van der Waals surface area contributed by atoms with Crippen LogP contribution in [0.4, 0.5) is 0 Å². The van der Waals surface area contributed by atoms with Gasteiger partial charge in [0, 0.05) is 184 Å². The number of tetrazole rings is 1. The number of Topliss-reactive ketones (excluding diaryl/α,β-unsaturated/α-hetero) is 1. The van der Waals surface area contributed by atoms with Gasteiger partial charge in [-0.1, -0.05) is 75.5 Å². The van der Waals surface area contributed by atoms with Gasteiger partial charge in [-0.05, 0) is 86.3 Å². The van der Waals surface area contributed by atoms with Crippen molar-refractivity contribution < 1.29 is 185 Å². The Kier molecular flexibility index (Phi) is 62.5. The molecule has 0 bridgehead atoms. The minimum atomic E-state index is -0.990. The Labute approximate surface area is 526 Å². The van der Waals surface area contributed by atoms with Crippen molar-refractivity contribution in [3.8, 4) is 39.8 Å². The number of carbonyl (C=O) groups excluding carboxylic acids is 1. The van der Waals surface area contributed by atoms with E-state index in [0.717, 1.165) is 29.4 Å². The van der Waals surface area contributed by atoms with E-state index in [1.807, 2.05) is 84.9 Å². The Morgan fingerprint density at radius 1 is 0.554 bits per heavy atom. The van der Waals surface area contributed by atoms with Crippen molar-refractivity contribution in [1.29, 1.82) is 0 Å². The van der Waals surface area contributed by atoms with Crippen LogP contribution < -0.4 is 5.10 Å². The number of carboxylic acids is 3. The molecule has 0 saturated heterocycles. The van der Waals surface area contributed by atoms with E-state index in [9.17, 15) is 19.5 Å². The maximum absolute atomic E-state index is 10.2. The molecule has 8 aromatic rings. The van der Waals surface area contributed by atoms with Gasteiger partial charge in [0.15, 0.2) is 0 Å². The van der Waals surface area contributed by atoms with E-state index in [1.54, 1.807) is 86.2 Å². The fourth-order valence-corrected chi connectivity index (χ4v) is 4.52. The zero-order valence-electron chi connectivity index (χ0n) is 37.8. The van der Waals surface area contributed by atoms with Crippen molar-refractivity contribution in [3.05, 3.63) is 194 Å². The Hall–Kier alpha value is -4.28. The summed E-state index contributed by atoms with van der Waals surface area (Å²) < 4.78 is 0. The molecular weight excluding hydrogens is 2200 g/mol. The summed E-state index contributed by atoms with van der Waals surface area (Å²) >= 11 is 0. The number of aromatic hydroxyl groups is 1. The van der Waals surface area contributed by atoms with Gasteiger partial charge in [0.05, 0.1) is 28.9 Å². The molecule has 1 unspecified atom stereocenters. The van der Waals surface area contributed by atoms with Gasteiger partial charge in [0.2, 0.25) is 0 Å². The number of hydrogen-bond donors (Lipinski definition) is 5. The maximum Gasteiger partial charge on any atom is 0.354 e. The number of aliphatic hydroxyl groups excluding tert-OH is 1. The summed E-state index contributed by atoms with van der Waals surface area (Å²) in [4.78, 5) is 55.4. The standard InChI is InChI=1S/C11H9NO.C11H8N.C7H6O2.C6H4N5.C6H5NO2.C5H10O2.C2H4O2.2CH4.7Ir/c13-11-7-2-1-5-9(11)10-6-3-4-8-12-10;1-2-6-10(7-3-1)11-8-4-5-9-12-11;8-7(9)6-4-2-1-3-5-6;1-2-4-7-5(3-1)6-8-10-11-9-6;8-6(9)5-3-1-2-4-7-5;1-4(6)3-5(2)7;1-2(3)4;;;;;;;;;/h1-8,13H;1-6,8-9H;1-5H,(H,8,9);1-4H;1-4H,(H,8,9);4,6H,3H2,1-2H3;1H3,(H,3,4);2*1H4;;;;;;;/q;-1;;-1;;;;;;;;;;;;. The van der Waals surface area contributed by atoms with Crippen LogP contribution in [0.25, 0.3) is 34.0 Å². The maximum atomic E-state index is 10.2. The van der Waals surface area contributed by atoms with Crippen LogP contribution in [0.15, 0.2) is 176 Å². The Balaban J connectivity index is -0.000000114. The van der Waals surface area contributed by atoms with E-state index < -0.39 is 24.0 Å². The summed E-state index contributed by atoms with van der Waals surface area (Å²) in [5, 5.41) is 56.1. The minimum absolute atomic E-state index is 0. The number of carboxylic acid groups (broad SMARTS) is 3. The number of carbonyl (C=O) groups is 4. The van der Waals surface area contributed by atoms with Gasteiger partial charge in [0.1, 0.15) is 17.2 Å². The number of hydrogen-bond acceptors (Lipinski definition) is 13. The van der Waals surface area contributed by atoms with Crippen molar-refractivity contribution in [2.24, 2.45) is 0 Å². The Morgan fingerprint density at radius 2 is 1.00 bits per heavy atom. The first-order valence-corrected chi connectivity index (χ1v) is 19.3. The van der Waals surface area contributed by atoms with E-state index >= 15 is 0 Å². The fraction of sp³-hybridized carbons (Fsp3) is 0.140. The largest absolute Gasteiger partial charge is 0.507 e. The number of para-hydroxylation sites is 1. The fourth-order valence-electron chi connectivity index (χ4n) is 4.52. The molecule has 0 aliphatic rings. The summed E-state index contributed by atoms with van der Waals surface area (Å²) in [5.41, 5.74) is 4.67. The molecule has 0 fully saturated rings. The Morgan fingerprint density at radius 3 is 1.34 bits per heavy atom. The van der Waals surface area contributed by atoms with Crippen LogP contribution in [0.1, 0.15) is 62.9 Å². The number of nitrogens with zero attached hydrogens (tertiary/aromatic N) is 8. The second-order valence-electron chi connectivity index (χ2n) is 12.6. The molecule has 1 atom stereocenters. The molecule has 74 heavy (non-hydrogen) atoms. The third-order valence-corrected chi connectivity index (χ3v) is 7.20. The minimum Gasteiger partial charge on any atom is -0.507 e. The van der Waals surface area contributed by atoms with Crippen LogP contribution in [0, 0.1) is 6.07 Å². The summed E-state index contributed by atoms with van der Waals surface area (Å²) in [6.45, 7) is 4.15. The van der Waals surface area contributed by atoms with Gasteiger partial charge >= 0.3 is 11.9 Å². The van der Waals surface area contributed by atoms with Gasteiger partial charge in [-0.3, -0.25) is 29.9 Å². The average molecular weight is 2260 g/mol. The quantitative estimate of drug-likeness (QED) is 0.0933. The number of aliphatic carboxylic acids is 1. The molecule has 0 aliphatic heterocycles. The Bertz CT molecular complexity index is 2450. The number of benzene rings is 3. The van der Waals surface area contributed by atoms with Crippen LogP contribution in [-0.2, 0) is 150 Å². The van der Waals surface area contributed by atoms with Crippen LogP contribution >= 0.6 is 0 Å². The molecule has 3 aromatic carbocycles. The van der Waals surface area contributed by atoms with Crippen molar-refractivity contribution in [2.45, 2.75) is 48.1 Å². The molecule has 5 N–H and O–H groups in total. The summed E-state index contributed by atoms with van der Waals surface area (Å²) in [6.07, 6.45) is 6.42. The van der Waals surface area contributed by atoms with Crippen molar-refractivity contribution in [1.82, 2.24) is 40.6 Å². The summed E-state index contributed by atoms with van der Waals surface area (Å²) in [6, 6.07) is 48.2. The molecule has 413 valence electrons. The second kappa shape index (κ2) is 53.5. The number of aromatic nitrogens is 8. The zero-order valence-corrected chi connectivity index (χ0v) is 54.6. The number of ketones is 1. The van der Waals surface area contributed by atoms with E-state index in [4.69, 9.17) is 25.2 Å². The van der Waals surface area contributed by atoms with E-state index in [2.05, 4.69) is 46.6 Å². The number of phenolic OH excluding ortho intramolecular Hbond substituents is 1. The van der Waals surface area contributed by atoms with Crippen molar-refractivity contribution >= 4 is 23.7 Å². The molecular formula is C50H54Ir7N8O9-2. The molecule has 0 saturated carbocycles. The zero-order chi connectivity index (χ0) is 47.7. The molecule has 17 nitrogen and oxygen atoms in total. The van der Waals surface area contributed by atoms with Gasteiger partial charge in [-0.25, -0.2) is 14.6 Å². The molecule has 8 rings (SSSR count). The summed E-state index contributed by atoms with van der Waals surface area (Å²) in [5.74, 6) is -1.94. The molecule has 5 aromatic heterocycles. The van der Waals surface area contributed by atoms with Gasteiger partial charge in [-0.2, -0.15) is 5.21 Å². The van der Waals surface area contributed by atoms with Gasteiger partial charge < -0.3 is 35.6 Å². The monoisotopic (exact) mass is 2260 g/mol. The van der Waals surface area contributed by atoms with E-state index in [1.165, 1.54) is 19.2 Å². The first-order chi connectivity index (χ1) is 31.3. The molecule has 0 amide bonds. The smallest absolute Gasteiger partial charge is 0.354 e. The van der Waals surface area contributed by atoms with Crippen molar-refractivity contribution in [3.63, 3.8) is 0 Å². The molecule has 5 heterocycles. The van der Waals surface area contributed by atoms with Crippen molar-refractivity contribution in [2.75, 3.05) is 0 Å². The van der Waals surface area contributed by atoms with E-state index in [-0.39, 0.29) is 179 Å².